The Morgan fingerprint density at radius 1 is 1.28 bits per heavy atom. The monoisotopic (exact) mass is 329 g/mol. The minimum absolute atomic E-state index is 0. The van der Waals surface area contributed by atoms with Gasteiger partial charge in [0.2, 0.25) is 0 Å². The third-order valence-electron chi connectivity index (χ3n) is 2.81. The molecule has 1 aromatic carbocycles. The van der Waals surface area contributed by atoms with Crippen LogP contribution in [0, 0.1) is 0 Å². The second kappa shape index (κ2) is 6.44. The lowest BCUT2D eigenvalue weighted by Gasteiger charge is -2.10. The van der Waals surface area contributed by atoms with E-state index in [2.05, 4.69) is 5.32 Å². The van der Waals surface area contributed by atoms with Crippen molar-refractivity contribution in [2.45, 2.75) is 19.0 Å². The summed E-state index contributed by atoms with van der Waals surface area (Å²) in [6.07, 6.45) is 0.684. The highest BCUT2D eigenvalue weighted by Crippen LogP contribution is 2.22. The smallest absolute Gasteiger partial charge is 0.151 e. The third kappa shape index (κ3) is 4.28. The van der Waals surface area contributed by atoms with E-state index in [1.54, 1.807) is 12.1 Å². The van der Waals surface area contributed by atoms with Crippen LogP contribution in [0.5, 0.6) is 0 Å². The first-order valence-electron chi connectivity index (χ1n) is 5.34. The lowest BCUT2D eigenvalue weighted by Crippen LogP contribution is -2.29. The quantitative estimate of drug-likeness (QED) is 0.927. The van der Waals surface area contributed by atoms with E-state index in [0.717, 1.165) is 5.56 Å². The van der Waals surface area contributed by atoms with Crippen LogP contribution in [0.4, 0.5) is 0 Å². The van der Waals surface area contributed by atoms with Gasteiger partial charge >= 0.3 is 0 Å². The van der Waals surface area contributed by atoms with Crippen molar-refractivity contribution in [1.29, 1.82) is 0 Å². The molecule has 1 heterocycles. The van der Waals surface area contributed by atoms with Crippen LogP contribution in [0.3, 0.4) is 0 Å². The van der Waals surface area contributed by atoms with Crippen molar-refractivity contribution < 1.29 is 8.42 Å². The second-order valence-corrected chi connectivity index (χ2v) is 7.27. The Morgan fingerprint density at radius 3 is 2.56 bits per heavy atom. The molecule has 1 aliphatic rings. The maximum absolute atomic E-state index is 11.3. The molecule has 0 radical (unpaired) electrons. The molecule has 1 unspecified atom stereocenters. The van der Waals surface area contributed by atoms with Crippen LogP contribution in [-0.2, 0) is 16.4 Å². The van der Waals surface area contributed by atoms with Crippen molar-refractivity contribution >= 4 is 45.4 Å². The number of sulfone groups is 1. The molecule has 0 amide bonds. The topological polar surface area (TPSA) is 46.2 Å². The van der Waals surface area contributed by atoms with Crippen molar-refractivity contribution in [2.75, 3.05) is 11.5 Å². The van der Waals surface area contributed by atoms with E-state index >= 15 is 0 Å². The van der Waals surface area contributed by atoms with Crippen molar-refractivity contribution in [2.24, 2.45) is 0 Å². The summed E-state index contributed by atoms with van der Waals surface area (Å²) in [5.41, 5.74) is 1.00. The Hall–Kier alpha value is -0.000000000000000111. The fourth-order valence-electron chi connectivity index (χ4n) is 1.87. The predicted octanol–water partition coefficient (Wildman–Crippen LogP) is 2.69. The molecule has 0 saturated carbocycles. The predicted molar refractivity (Wildman–Crippen MR) is 77.6 cm³/mol. The minimum Gasteiger partial charge on any atom is -0.309 e. The first kappa shape index (κ1) is 16.1. The van der Waals surface area contributed by atoms with Gasteiger partial charge in [-0.25, -0.2) is 8.42 Å². The zero-order chi connectivity index (χ0) is 12.5. The summed E-state index contributed by atoms with van der Waals surface area (Å²) < 4.78 is 22.5. The Morgan fingerprint density at radius 2 is 2.00 bits per heavy atom. The van der Waals surface area contributed by atoms with E-state index in [0.29, 0.717) is 23.0 Å². The zero-order valence-electron chi connectivity index (χ0n) is 9.53. The summed E-state index contributed by atoms with van der Waals surface area (Å²) in [6.45, 7) is 0.608. The normalized spacial score (nSPS) is 21.6. The molecule has 0 spiro atoms. The van der Waals surface area contributed by atoms with Gasteiger partial charge in [-0.05, 0) is 24.1 Å². The van der Waals surface area contributed by atoms with Gasteiger partial charge in [-0.2, -0.15) is 0 Å². The summed E-state index contributed by atoms with van der Waals surface area (Å²) in [4.78, 5) is 0. The molecule has 1 aromatic rings. The number of hydrogen-bond donors (Lipinski definition) is 1. The summed E-state index contributed by atoms with van der Waals surface area (Å²) in [5.74, 6) is 0.514. The summed E-state index contributed by atoms with van der Waals surface area (Å²) in [7, 11) is -2.82. The van der Waals surface area contributed by atoms with Gasteiger partial charge < -0.3 is 5.32 Å². The molecule has 1 N–H and O–H groups in total. The van der Waals surface area contributed by atoms with E-state index in [1.807, 2.05) is 6.07 Å². The van der Waals surface area contributed by atoms with Gasteiger partial charge in [0.05, 0.1) is 21.6 Å². The molecular weight excluding hydrogens is 317 g/mol. The van der Waals surface area contributed by atoms with Crippen LogP contribution in [0.1, 0.15) is 12.0 Å². The van der Waals surface area contributed by atoms with Gasteiger partial charge in [-0.1, -0.05) is 29.3 Å². The van der Waals surface area contributed by atoms with Crippen molar-refractivity contribution in [3.8, 4) is 0 Å². The number of benzene rings is 1. The second-order valence-electron chi connectivity index (χ2n) is 4.23. The van der Waals surface area contributed by atoms with Gasteiger partial charge in [0, 0.05) is 12.6 Å². The lowest BCUT2D eigenvalue weighted by atomic mass is 10.2. The SMILES string of the molecule is Cl.O=S1(=O)CCC(NCc2ccc(Cl)c(Cl)c2)C1. The van der Waals surface area contributed by atoms with Gasteiger partial charge in [-0.15, -0.1) is 12.4 Å². The van der Waals surface area contributed by atoms with Crippen molar-refractivity contribution in [3.05, 3.63) is 33.8 Å². The Kier molecular flexibility index (Phi) is 5.74. The molecule has 0 aliphatic carbocycles. The number of halogens is 3. The molecule has 7 heteroatoms. The van der Waals surface area contributed by atoms with Crippen LogP contribution in [0.25, 0.3) is 0 Å². The van der Waals surface area contributed by atoms with Crippen LogP contribution in [0.2, 0.25) is 10.0 Å². The van der Waals surface area contributed by atoms with Gasteiger partial charge in [0.15, 0.2) is 9.84 Å². The highest BCUT2D eigenvalue weighted by molar-refractivity contribution is 7.91. The fourth-order valence-corrected chi connectivity index (χ4v) is 3.90. The highest BCUT2D eigenvalue weighted by atomic mass is 35.5. The average Bonchev–Trinajstić information content (AvgIpc) is 2.60. The Balaban J connectivity index is 0.00000162. The van der Waals surface area contributed by atoms with Crippen LogP contribution < -0.4 is 5.32 Å². The number of hydrogen-bond acceptors (Lipinski definition) is 3. The summed E-state index contributed by atoms with van der Waals surface area (Å²) in [6, 6.07) is 5.46. The van der Waals surface area contributed by atoms with E-state index in [1.165, 1.54) is 0 Å². The Bertz CT molecular complexity index is 519. The summed E-state index contributed by atoms with van der Waals surface area (Å²) in [5, 5.41) is 4.26. The number of nitrogens with one attached hydrogen (secondary N) is 1. The van der Waals surface area contributed by atoms with E-state index in [4.69, 9.17) is 23.2 Å². The zero-order valence-corrected chi connectivity index (χ0v) is 12.7. The molecule has 1 saturated heterocycles. The largest absolute Gasteiger partial charge is 0.309 e. The Labute approximate surface area is 123 Å². The van der Waals surface area contributed by atoms with E-state index in [9.17, 15) is 8.42 Å². The van der Waals surface area contributed by atoms with Gasteiger partial charge in [-0.3, -0.25) is 0 Å². The standard InChI is InChI=1S/C11H13Cl2NO2S.ClH/c12-10-2-1-8(5-11(10)13)6-14-9-3-4-17(15,16)7-9;/h1-2,5,9,14H,3-4,6-7H2;1H. The first-order chi connectivity index (χ1) is 7.96. The minimum atomic E-state index is -2.82. The van der Waals surface area contributed by atoms with Crippen LogP contribution in [0.15, 0.2) is 18.2 Å². The van der Waals surface area contributed by atoms with Gasteiger partial charge in [0.25, 0.3) is 0 Å². The van der Waals surface area contributed by atoms with Crippen molar-refractivity contribution in [1.82, 2.24) is 5.32 Å². The van der Waals surface area contributed by atoms with Crippen LogP contribution >= 0.6 is 35.6 Å². The molecule has 0 aromatic heterocycles. The fraction of sp³-hybridized carbons (Fsp3) is 0.455. The third-order valence-corrected chi connectivity index (χ3v) is 5.32. The number of rotatable bonds is 3. The lowest BCUT2D eigenvalue weighted by molar-refractivity contribution is 0.554. The molecule has 18 heavy (non-hydrogen) atoms. The molecule has 1 atom stereocenters. The van der Waals surface area contributed by atoms with E-state index < -0.39 is 9.84 Å². The van der Waals surface area contributed by atoms with Crippen LogP contribution in [-0.4, -0.2) is 26.0 Å². The molecule has 1 aliphatic heterocycles. The summed E-state index contributed by atoms with van der Waals surface area (Å²) >= 11 is 11.7. The van der Waals surface area contributed by atoms with Gasteiger partial charge in [0.1, 0.15) is 0 Å². The first-order valence-corrected chi connectivity index (χ1v) is 7.92. The molecular formula is C11H14Cl3NO2S. The van der Waals surface area contributed by atoms with Crippen molar-refractivity contribution in [3.63, 3.8) is 0 Å². The molecule has 1 fully saturated rings. The highest BCUT2D eigenvalue weighted by Gasteiger charge is 2.27. The molecule has 3 nitrogen and oxygen atoms in total. The molecule has 102 valence electrons. The average molecular weight is 331 g/mol. The maximum Gasteiger partial charge on any atom is 0.151 e. The van der Waals surface area contributed by atoms with E-state index in [-0.39, 0.29) is 30.0 Å². The molecule has 2 rings (SSSR count). The molecule has 0 bridgehead atoms. The maximum atomic E-state index is 11.3.